The highest BCUT2D eigenvalue weighted by atomic mass is 16.4. The van der Waals surface area contributed by atoms with Gasteiger partial charge in [-0.25, -0.2) is 0 Å². The molecular formula is C12H9NO2. The third-order valence-corrected chi connectivity index (χ3v) is 1.82. The molecule has 0 saturated heterocycles. The SMILES string of the molecule is Cc1cc(C#CCC(=O)O)ccc1C#N. The van der Waals surface area contributed by atoms with Crippen molar-refractivity contribution in [3.05, 3.63) is 34.9 Å². The minimum Gasteiger partial charge on any atom is -0.481 e. The van der Waals surface area contributed by atoms with E-state index in [1.807, 2.05) is 6.92 Å². The monoisotopic (exact) mass is 199 g/mol. The van der Waals surface area contributed by atoms with Crippen LogP contribution in [0.2, 0.25) is 0 Å². The zero-order valence-electron chi connectivity index (χ0n) is 8.24. The molecule has 0 aromatic heterocycles. The van der Waals surface area contributed by atoms with E-state index in [9.17, 15) is 4.79 Å². The molecule has 0 bridgehead atoms. The van der Waals surface area contributed by atoms with Gasteiger partial charge in [-0.15, -0.1) is 0 Å². The molecule has 0 radical (unpaired) electrons. The summed E-state index contributed by atoms with van der Waals surface area (Å²) in [4.78, 5) is 10.2. The number of aryl methyl sites for hydroxylation is 1. The van der Waals surface area contributed by atoms with Crippen molar-refractivity contribution in [2.75, 3.05) is 0 Å². The Morgan fingerprint density at radius 2 is 2.27 bits per heavy atom. The third kappa shape index (κ3) is 3.17. The van der Waals surface area contributed by atoms with Crippen molar-refractivity contribution in [2.24, 2.45) is 0 Å². The maximum Gasteiger partial charge on any atom is 0.315 e. The van der Waals surface area contributed by atoms with Gasteiger partial charge < -0.3 is 5.11 Å². The molecule has 0 heterocycles. The molecule has 0 unspecified atom stereocenters. The maximum atomic E-state index is 10.2. The van der Waals surface area contributed by atoms with Gasteiger partial charge in [-0.05, 0) is 30.7 Å². The van der Waals surface area contributed by atoms with Gasteiger partial charge in [0.25, 0.3) is 0 Å². The quantitative estimate of drug-likeness (QED) is 0.700. The molecule has 1 rings (SSSR count). The van der Waals surface area contributed by atoms with E-state index >= 15 is 0 Å². The Kier molecular flexibility index (Phi) is 3.49. The van der Waals surface area contributed by atoms with Crippen molar-refractivity contribution in [3.63, 3.8) is 0 Å². The number of nitriles is 1. The van der Waals surface area contributed by atoms with Gasteiger partial charge in [0.2, 0.25) is 0 Å². The highest BCUT2D eigenvalue weighted by molar-refractivity contribution is 5.70. The number of aliphatic carboxylic acids is 1. The summed E-state index contributed by atoms with van der Waals surface area (Å²) in [5, 5.41) is 17.1. The van der Waals surface area contributed by atoms with Gasteiger partial charge in [0.1, 0.15) is 6.42 Å². The number of hydrogen-bond acceptors (Lipinski definition) is 2. The first-order chi connectivity index (χ1) is 7.13. The van der Waals surface area contributed by atoms with Gasteiger partial charge >= 0.3 is 5.97 Å². The molecule has 0 aliphatic carbocycles. The molecule has 0 spiro atoms. The number of carbonyl (C=O) groups is 1. The van der Waals surface area contributed by atoms with Crippen molar-refractivity contribution < 1.29 is 9.90 Å². The summed E-state index contributed by atoms with van der Waals surface area (Å²) in [5.74, 6) is 4.32. The number of carboxylic acids is 1. The molecule has 1 N–H and O–H groups in total. The number of benzene rings is 1. The first-order valence-corrected chi connectivity index (χ1v) is 4.35. The average Bonchev–Trinajstić information content (AvgIpc) is 2.17. The lowest BCUT2D eigenvalue weighted by Crippen LogP contribution is -1.90. The fraction of sp³-hybridized carbons (Fsp3) is 0.167. The van der Waals surface area contributed by atoms with E-state index in [4.69, 9.17) is 10.4 Å². The minimum atomic E-state index is -0.937. The molecule has 74 valence electrons. The molecule has 3 heteroatoms. The van der Waals surface area contributed by atoms with Crippen LogP contribution in [0.15, 0.2) is 18.2 Å². The Labute approximate surface area is 88.0 Å². The van der Waals surface area contributed by atoms with E-state index < -0.39 is 5.97 Å². The van der Waals surface area contributed by atoms with Gasteiger partial charge in [-0.1, -0.05) is 11.8 Å². The lowest BCUT2D eigenvalue weighted by atomic mass is 10.1. The van der Waals surface area contributed by atoms with Crippen LogP contribution in [0.3, 0.4) is 0 Å². The first kappa shape index (κ1) is 10.8. The standard InChI is InChI=1S/C12H9NO2/c1-9-7-10(3-2-4-12(14)15)5-6-11(9)8-13/h5-7H,4H2,1H3,(H,14,15). The van der Waals surface area contributed by atoms with E-state index in [2.05, 4.69) is 17.9 Å². The number of rotatable bonds is 1. The average molecular weight is 199 g/mol. The number of hydrogen-bond donors (Lipinski definition) is 1. The van der Waals surface area contributed by atoms with Crippen molar-refractivity contribution in [1.82, 2.24) is 0 Å². The van der Waals surface area contributed by atoms with Crippen molar-refractivity contribution in [2.45, 2.75) is 13.3 Å². The highest BCUT2D eigenvalue weighted by Gasteiger charge is 1.96. The second-order valence-corrected chi connectivity index (χ2v) is 3.01. The van der Waals surface area contributed by atoms with Gasteiger partial charge in [-0.3, -0.25) is 4.79 Å². The van der Waals surface area contributed by atoms with Gasteiger partial charge in [0.05, 0.1) is 11.6 Å². The Balaban J connectivity index is 2.88. The minimum absolute atomic E-state index is 0.168. The van der Waals surface area contributed by atoms with Crippen LogP contribution in [-0.4, -0.2) is 11.1 Å². The Bertz CT molecular complexity index is 487. The number of nitrogens with zero attached hydrogens (tertiary/aromatic N) is 1. The van der Waals surface area contributed by atoms with E-state index in [-0.39, 0.29) is 6.42 Å². The zero-order valence-corrected chi connectivity index (χ0v) is 8.24. The smallest absolute Gasteiger partial charge is 0.315 e. The van der Waals surface area contributed by atoms with E-state index in [1.165, 1.54) is 0 Å². The van der Waals surface area contributed by atoms with Crippen molar-refractivity contribution >= 4 is 5.97 Å². The molecule has 3 nitrogen and oxygen atoms in total. The van der Waals surface area contributed by atoms with E-state index in [0.717, 1.165) is 11.1 Å². The molecule has 0 fully saturated rings. The van der Waals surface area contributed by atoms with Crippen LogP contribution < -0.4 is 0 Å². The number of carboxylic acid groups (broad SMARTS) is 1. The van der Waals surface area contributed by atoms with Gasteiger partial charge in [0.15, 0.2) is 0 Å². The summed E-state index contributed by atoms with van der Waals surface area (Å²) in [6.45, 7) is 1.82. The lowest BCUT2D eigenvalue weighted by Gasteiger charge is -1.96. The van der Waals surface area contributed by atoms with Gasteiger partial charge in [0, 0.05) is 5.56 Å². The normalized spacial score (nSPS) is 8.53. The van der Waals surface area contributed by atoms with Crippen LogP contribution in [-0.2, 0) is 4.79 Å². The van der Waals surface area contributed by atoms with Crippen LogP contribution in [0.5, 0.6) is 0 Å². The van der Waals surface area contributed by atoms with Gasteiger partial charge in [-0.2, -0.15) is 5.26 Å². The Morgan fingerprint density at radius 1 is 1.53 bits per heavy atom. The summed E-state index contributed by atoms with van der Waals surface area (Å²) in [5.41, 5.74) is 2.19. The zero-order chi connectivity index (χ0) is 11.3. The molecule has 1 aromatic rings. The van der Waals surface area contributed by atoms with Crippen LogP contribution >= 0.6 is 0 Å². The fourth-order valence-corrected chi connectivity index (χ4v) is 1.09. The topological polar surface area (TPSA) is 61.1 Å². The van der Waals surface area contributed by atoms with E-state index in [1.54, 1.807) is 18.2 Å². The molecule has 0 aliphatic heterocycles. The molecule has 0 aliphatic rings. The third-order valence-electron chi connectivity index (χ3n) is 1.82. The van der Waals surface area contributed by atoms with E-state index in [0.29, 0.717) is 5.56 Å². The molecule has 1 aromatic carbocycles. The summed E-state index contributed by atoms with van der Waals surface area (Å²) < 4.78 is 0. The Morgan fingerprint density at radius 3 is 2.80 bits per heavy atom. The summed E-state index contributed by atoms with van der Waals surface area (Å²) >= 11 is 0. The van der Waals surface area contributed by atoms with Crippen LogP contribution in [0, 0.1) is 30.1 Å². The van der Waals surface area contributed by atoms with Crippen LogP contribution in [0.1, 0.15) is 23.1 Å². The predicted molar refractivity (Wildman–Crippen MR) is 55.0 cm³/mol. The largest absolute Gasteiger partial charge is 0.481 e. The first-order valence-electron chi connectivity index (χ1n) is 4.35. The van der Waals surface area contributed by atoms with Crippen LogP contribution in [0.4, 0.5) is 0 Å². The van der Waals surface area contributed by atoms with Crippen molar-refractivity contribution in [3.8, 4) is 17.9 Å². The van der Waals surface area contributed by atoms with Crippen molar-refractivity contribution in [1.29, 1.82) is 5.26 Å². The Hall–Kier alpha value is -2.26. The molecule has 0 atom stereocenters. The summed E-state index contributed by atoms with van der Waals surface area (Å²) in [6, 6.07) is 7.22. The fourth-order valence-electron chi connectivity index (χ4n) is 1.09. The lowest BCUT2D eigenvalue weighted by molar-refractivity contribution is -0.135. The molecule has 15 heavy (non-hydrogen) atoms. The molecule has 0 amide bonds. The second-order valence-electron chi connectivity index (χ2n) is 3.01. The second kappa shape index (κ2) is 4.83. The summed E-state index contributed by atoms with van der Waals surface area (Å²) in [7, 11) is 0. The molecule has 0 saturated carbocycles. The highest BCUT2D eigenvalue weighted by Crippen LogP contribution is 2.08. The summed E-state index contributed by atoms with van der Waals surface area (Å²) in [6.07, 6.45) is -0.168. The van der Waals surface area contributed by atoms with Crippen LogP contribution in [0.25, 0.3) is 0 Å². The predicted octanol–water partition coefficient (Wildman–Crippen LogP) is 1.69. The molecular weight excluding hydrogens is 190 g/mol. The maximum absolute atomic E-state index is 10.2.